The number of hydrogen-bond donors (Lipinski definition) is 2. The number of thiazole rings is 1. The van der Waals surface area contributed by atoms with Crippen LogP contribution in [0.2, 0.25) is 0 Å². The molecule has 1 aromatic heterocycles. The highest BCUT2D eigenvalue weighted by Gasteiger charge is 1.96. The average molecular weight is 213 g/mol. The first-order valence-corrected chi connectivity index (χ1v) is 5.76. The zero-order chi connectivity index (χ0) is 9.52. The van der Waals surface area contributed by atoms with Crippen LogP contribution >= 0.6 is 23.1 Å². The fraction of sp³-hybridized carbons (Fsp3) is 0.375. The molecule has 0 unspecified atom stereocenters. The Hall–Kier alpha value is -0.860. The first-order chi connectivity index (χ1) is 6.33. The lowest BCUT2D eigenvalue weighted by atomic mass is 10.7. The summed E-state index contributed by atoms with van der Waals surface area (Å²) in [6, 6.07) is 0. The summed E-state index contributed by atoms with van der Waals surface area (Å²) in [5.74, 6) is 4.33. The van der Waals surface area contributed by atoms with E-state index in [1.54, 1.807) is 18.0 Å². The van der Waals surface area contributed by atoms with Gasteiger partial charge in [0, 0.05) is 12.3 Å². The lowest BCUT2D eigenvalue weighted by molar-refractivity contribution is 1.20. The van der Waals surface area contributed by atoms with Crippen molar-refractivity contribution in [1.82, 2.24) is 4.98 Å². The number of thioether (sulfide) groups is 1. The number of nitrogens with two attached hydrogens (primary N) is 1. The topological polar surface area (TPSA) is 50.9 Å². The standard InChI is InChI=1S/C8H11N3S2/c1-2-4-12-5-3-10-8-11-6-7(9)13-8/h1,6H,3-5,9H2,(H,10,11). The van der Waals surface area contributed by atoms with Crippen molar-refractivity contribution in [2.45, 2.75) is 0 Å². The van der Waals surface area contributed by atoms with Gasteiger partial charge in [0.25, 0.3) is 0 Å². The Kier molecular flexibility index (Phi) is 4.50. The Morgan fingerprint density at radius 3 is 3.23 bits per heavy atom. The van der Waals surface area contributed by atoms with E-state index in [1.807, 2.05) is 0 Å². The Bertz CT molecular complexity index is 290. The van der Waals surface area contributed by atoms with E-state index in [1.165, 1.54) is 11.3 Å². The lowest BCUT2D eigenvalue weighted by Gasteiger charge is -1.99. The Morgan fingerprint density at radius 1 is 1.77 bits per heavy atom. The van der Waals surface area contributed by atoms with E-state index in [2.05, 4.69) is 16.2 Å². The molecule has 1 heterocycles. The summed E-state index contributed by atoms with van der Waals surface area (Å²) in [7, 11) is 0. The van der Waals surface area contributed by atoms with Gasteiger partial charge in [0.2, 0.25) is 0 Å². The molecule has 0 atom stereocenters. The second-order valence-corrected chi connectivity index (χ2v) is 4.42. The number of nitrogens with zero attached hydrogens (tertiary/aromatic N) is 1. The van der Waals surface area contributed by atoms with E-state index < -0.39 is 0 Å². The maximum absolute atomic E-state index is 5.51. The van der Waals surface area contributed by atoms with Crippen LogP contribution in [0.25, 0.3) is 0 Å². The summed E-state index contributed by atoms with van der Waals surface area (Å²) in [4.78, 5) is 4.07. The Balaban J connectivity index is 2.10. The van der Waals surface area contributed by atoms with Crippen molar-refractivity contribution in [2.75, 3.05) is 29.1 Å². The summed E-state index contributed by atoms with van der Waals surface area (Å²) in [5, 5.41) is 4.77. The molecule has 3 N–H and O–H groups in total. The first kappa shape index (κ1) is 10.2. The average Bonchev–Trinajstić information content (AvgIpc) is 2.51. The molecule has 0 aliphatic rings. The van der Waals surface area contributed by atoms with Crippen LogP contribution in [-0.4, -0.2) is 23.0 Å². The zero-order valence-corrected chi connectivity index (χ0v) is 8.75. The molecule has 13 heavy (non-hydrogen) atoms. The van der Waals surface area contributed by atoms with E-state index >= 15 is 0 Å². The van der Waals surface area contributed by atoms with Crippen LogP contribution in [-0.2, 0) is 0 Å². The monoisotopic (exact) mass is 213 g/mol. The lowest BCUT2D eigenvalue weighted by Crippen LogP contribution is -2.03. The molecular formula is C8H11N3S2. The molecule has 0 saturated carbocycles. The summed E-state index contributed by atoms with van der Waals surface area (Å²) in [6.07, 6.45) is 6.76. The third kappa shape index (κ3) is 4.06. The van der Waals surface area contributed by atoms with Crippen LogP contribution in [0.15, 0.2) is 6.20 Å². The van der Waals surface area contributed by atoms with Gasteiger partial charge in [-0.3, -0.25) is 0 Å². The maximum atomic E-state index is 5.51. The van der Waals surface area contributed by atoms with E-state index in [0.29, 0.717) is 0 Å². The summed E-state index contributed by atoms with van der Waals surface area (Å²) < 4.78 is 0. The second kappa shape index (κ2) is 5.73. The minimum absolute atomic E-state index is 0.735. The maximum Gasteiger partial charge on any atom is 0.184 e. The molecule has 1 aromatic rings. The minimum Gasteiger partial charge on any atom is -0.389 e. The predicted octanol–water partition coefficient (Wildman–Crippen LogP) is 1.50. The summed E-state index contributed by atoms with van der Waals surface area (Å²) in [6.45, 7) is 0.874. The van der Waals surface area contributed by atoms with Crippen molar-refractivity contribution in [3.63, 3.8) is 0 Å². The highest BCUT2D eigenvalue weighted by molar-refractivity contribution is 7.99. The van der Waals surface area contributed by atoms with E-state index in [9.17, 15) is 0 Å². The van der Waals surface area contributed by atoms with E-state index in [0.717, 1.165) is 28.2 Å². The molecule has 70 valence electrons. The molecule has 0 aliphatic carbocycles. The smallest absolute Gasteiger partial charge is 0.184 e. The second-order valence-electron chi connectivity index (χ2n) is 2.25. The van der Waals surface area contributed by atoms with Crippen molar-refractivity contribution < 1.29 is 0 Å². The molecule has 0 aliphatic heterocycles. The van der Waals surface area contributed by atoms with Gasteiger partial charge in [-0.15, -0.1) is 18.2 Å². The predicted molar refractivity (Wildman–Crippen MR) is 61.2 cm³/mol. The molecule has 0 bridgehead atoms. The first-order valence-electron chi connectivity index (χ1n) is 3.79. The van der Waals surface area contributed by atoms with E-state index in [-0.39, 0.29) is 0 Å². The third-order valence-corrected chi connectivity index (χ3v) is 2.88. The molecule has 0 fully saturated rings. The number of terminal acetylenes is 1. The number of aromatic nitrogens is 1. The van der Waals surface area contributed by atoms with Gasteiger partial charge < -0.3 is 11.1 Å². The summed E-state index contributed by atoms with van der Waals surface area (Å²) in [5.41, 5.74) is 5.51. The molecule has 0 amide bonds. The summed E-state index contributed by atoms with van der Waals surface area (Å²) >= 11 is 3.18. The van der Waals surface area contributed by atoms with Crippen LogP contribution in [0, 0.1) is 12.3 Å². The third-order valence-electron chi connectivity index (χ3n) is 1.23. The van der Waals surface area contributed by atoms with Crippen molar-refractivity contribution in [3.05, 3.63) is 6.20 Å². The number of hydrogen-bond acceptors (Lipinski definition) is 5. The Labute approximate surface area is 86.1 Å². The molecule has 0 saturated heterocycles. The normalized spacial score (nSPS) is 9.46. The highest BCUT2D eigenvalue weighted by Crippen LogP contribution is 2.19. The van der Waals surface area contributed by atoms with Crippen LogP contribution in [0.3, 0.4) is 0 Å². The van der Waals surface area contributed by atoms with Crippen LogP contribution in [0.5, 0.6) is 0 Å². The molecule has 0 radical (unpaired) electrons. The van der Waals surface area contributed by atoms with Crippen molar-refractivity contribution in [3.8, 4) is 12.3 Å². The molecular weight excluding hydrogens is 202 g/mol. The highest BCUT2D eigenvalue weighted by atomic mass is 32.2. The molecule has 0 spiro atoms. The van der Waals surface area contributed by atoms with Gasteiger partial charge in [0.05, 0.1) is 11.9 Å². The molecule has 3 nitrogen and oxygen atoms in total. The quantitative estimate of drug-likeness (QED) is 0.575. The molecule has 5 heteroatoms. The van der Waals surface area contributed by atoms with Crippen LogP contribution < -0.4 is 11.1 Å². The van der Waals surface area contributed by atoms with Gasteiger partial charge in [-0.05, 0) is 0 Å². The zero-order valence-electron chi connectivity index (χ0n) is 7.12. The fourth-order valence-electron chi connectivity index (χ4n) is 0.730. The fourth-order valence-corrected chi connectivity index (χ4v) is 1.85. The van der Waals surface area contributed by atoms with Crippen LogP contribution in [0.1, 0.15) is 0 Å². The van der Waals surface area contributed by atoms with Gasteiger partial charge in [-0.1, -0.05) is 17.3 Å². The van der Waals surface area contributed by atoms with Crippen molar-refractivity contribution in [1.29, 1.82) is 0 Å². The van der Waals surface area contributed by atoms with Gasteiger partial charge in [0.1, 0.15) is 5.00 Å². The van der Waals surface area contributed by atoms with Gasteiger partial charge in [0.15, 0.2) is 5.13 Å². The van der Waals surface area contributed by atoms with Gasteiger partial charge in [-0.2, -0.15) is 0 Å². The number of anilines is 2. The minimum atomic E-state index is 0.735. The van der Waals surface area contributed by atoms with Crippen molar-refractivity contribution >= 4 is 33.2 Å². The SMILES string of the molecule is C#CCSCCNc1ncc(N)s1. The number of rotatable bonds is 5. The van der Waals surface area contributed by atoms with Crippen molar-refractivity contribution in [2.24, 2.45) is 0 Å². The van der Waals surface area contributed by atoms with E-state index in [4.69, 9.17) is 12.2 Å². The van der Waals surface area contributed by atoms with Gasteiger partial charge in [-0.25, -0.2) is 4.98 Å². The Morgan fingerprint density at radius 2 is 2.62 bits per heavy atom. The van der Waals surface area contributed by atoms with Crippen LogP contribution in [0.4, 0.5) is 10.1 Å². The molecule has 1 rings (SSSR count). The van der Waals surface area contributed by atoms with Gasteiger partial charge >= 0.3 is 0 Å². The molecule has 0 aromatic carbocycles. The number of nitrogens with one attached hydrogen (secondary N) is 1. The largest absolute Gasteiger partial charge is 0.389 e. The number of nitrogen functional groups attached to an aromatic ring is 1.